The number of hydrogen-bond donors (Lipinski definition) is 0. The van der Waals surface area contributed by atoms with Crippen LogP contribution in [0.4, 0.5) is 5.69 Å². The van der Waals surface area contributed by atoms with Crippen molar-refractivity contribution in [1.29, 1.82) is 5.26 Å². The molecule has 0 radical (unpaired) electrons. The van der Waals surface area contributed by atoms with E-state index in [4.69, 9.17) is 21.5 Å². The molecule has 0 spiro atoms. The maximum Gasteiger partial charge on any atom is 0.196 e. The zero-order valence-corrected chi connectivity index (χ0v) is 26.9. The zero-order valence-electron chi connectivity index (χ0n) is 26.9. The van der Waals surface area contributed by atoms with Gasteiger partial charge in [0.25, 0.3) is 0 Å². The molecule has 6 nitrogen and oxygen atoms in total. The molecule has 8 rings (SSSR count). The van der Waals surface area contributed by atoms with Gasteiger partial charge in [-0.3, -0.25) is 4.98 Å². The van der Waals surface area contributed by atoms with Crippen molar-refractivity contribution in [3.8, 4) is 73.6 Å². The van der Waals surface area contributed by atoms with E-state index in [1.165, 1.54) is 0 Å². The van der Waals surface area contributed by atoms with E-state index in [1.54, 1.807) is 18.5 Å². The number of nitrogens with zero attached hydrogens (tertiary/aromatic N) is 6. The van der Waals surface area contributed by atoms with Gasteiger partial charge in [-0.2, -0.15) is 5.26 Å². The van der Waals surface area contributed by atoms with Gasteiger partial charge < -0.3 is 0 Å². The van der Waals surface area contributed by atoms with Crippen LogP contribution in [-0.4, -0.2) is 19.9 Å². The predicted molar refractivity (Wildman–Crippen MR) is 193 cm³/mol. The van der Waals surface area contributed by atoms with Crippen molar-refractivity contribution in [1.82, 2.24) is 19.9 Å². The SMILES string of the molecule is [C-]#[N+]c1cc(C#N)cc2c1-c1ccc(-c3cc(-c4ccncc4)cc(-c4nc(-c5ccccc5)nc(-c5ccccc5)n4)c3)cc1C2(C)C. The molecule has 0 N–H and O–H groups in total. The summed E-state index contributed by atoms with van der Waals surface area (Å²) in [6.07, 6.45) is 3.59. The number of benzene rings is 5. The maximum absolute atomic E-state index is 9.70. The minimum absolute atomic E-state index is 0.401. The van der Waals surface area contributed by atoms with E-state index in [9.17, 15) is 5.26 Å². The minimum atomic E-state index is -0.401. The molecule has 0 atom stereocenters. The van der Waals surface area contributed by atoms with Crippen LogP contribution >= 0.6 is 0 Å². The monoisotopic (exact) mass is 628 g/mol. The number of pyridine rings is 1. The number of aromatic nitrogens is 4. The third kappa shape index (κ3) is 5.23. The summed E-state index contributed by atoms with van der Waals surface area (Å²) < 4.78 is 0. The smallest absolute Gasteiger partial charge is 0.196 e. The Kier molecular flexibility index (Phi) is 7.13. The first kappa shape index (κ1) is 29.6. The number of rotatable bonds is 5. The van der Waals surface area contributed by atoms with Gasteiger partial charge in [0.2, 0.25) is 0 Å². The highest BCUT2D eigenvalue weighted by molar-refractivity contribution is 5.92. The quantitative estimate of drug-likeness (QED) is 0.177. The lowest BCUT2D eigenvalue weighted by atomic mass is 9.81. The molecule has 49 heavy (non-hydrogen) atoms. The van der Waals surface area contributed by atoms with Crippen LogP contribution in [0.5, 0.6) is 0 Å². The van der Waals surface area contributed by atoms with Gasteiger partial charge in [-0.25, -0.2) is 19.8 Å². The molecule has 5 aromatic carbocycles. The lowest BCUT2D eigenvalue weighted by Gasteiger charge is -2.22. The van der Waals surface area contributed by atoms with Crippen molar-refractivity contribution in [2.75, 3.05) is 0 Å². The van der Waals surface area contributed by atoms with E-state index >= 15 is 0 Å². The molecule has 0 saturated carbocycles. The third-order valence-electron chi connectivity index (χ3n) is 9.24. The molecule has 230 valence electrons. The molecule has 0 unspecified atom stereocenters. The van der Waals surface area contributed by atoms with Crippen LogP contribution < -0.4 is 0 Å². The highest BCUT2D eigenvalue weighted by atomic mass is 15.0. The van der Waals surface area contributed by atoms with Gasteiger partial charge in [0, 0.05) is 40.1 Å². The van der Waals surface area contributed by atoms with Crippen LogP contribution in [0.3, 0.4) is 0 Å². The topological polar surface area (TPSA) is 79.7 Å². The molecule has 0 amide bonds. The molecule has 1 aliphatic carbocycles. The molecule has 7 aromatic rings. The fourth-order valence-corrected chi connectivity index (χ4v) is 6.73. The van der Waals surface area contributed by atoms with Gasteiger partial charge in [-0.15, -0.1) is 0 Å². The van der Waals surface area contributed by atoms with Crippen molar-refractivity contribution < 1.29 is 0 Å². The minimum Gasteiger partial charge on any atom is -0.265 e. The van der Waals surface area contributed by atoms with Gasteiger partial charge >= 0.3 is 0 Å². The van der Waals surface area contributed by atoms with E-state index < -0.39 is 5.41 Å². The molecule has 6 heteroatoms. The Labute approximate surface area is 284 Å². The summed E-state index contributed by atoms with van der Waals surface area (Å²) in [6.45, 7) is 12.2. The maximum atomic E-state index is 9.70. The van der Waals surface area contributed by atoms with Crippen LogP contribution in [0.2, 0.25) is 0 Å². The van der Waals surface area contributed by atoms with Crippen LogP contribution in [0.15, 0.2) is 134 Å². The first-order valence-corrected chi connectivity index (χ1v) is 16.0. The number of fused-ring (bicyclic) bond motifs is 3. The molecule has 0 fully saturated rings. The zero-order chi connectivity index (χ0) is 33.5. The fourth-order valence-electron chi connectivity index (χ4n) is 6.73. The molecule has 1 aliphatic rings. The summed E-state index contributed by atoms with van der Waals surface area (Å²) in [5, 5.41) is 9.70. The van der Waals surface area contributed by atoms with E-state index in [-0.39, 0.29) is 0 Å². The molecule has 0 bridgehead atoms. The largest absolute Gasteiger partial charge is 0.265 e. The average molecular weight is 629 g/mol. The van der Waals surface area contributed by atoms with Crippen molar-refractivity contribution in [3.63, 3.8) is 0 Å². The van der Waals surface area contributed by atoms with Crippen LogP contribution in [0.25, 0.3) is 72.4 Å². The molecular weight excluding hydrogens is 601 g/mol. The number of hydrogen-bond acceptors (Lipinski definition) is 5. The summed E-state index contributed by atoms with van der Waals surface area (Å²) in [7, 11) is 0. The van der Waals surface area contributed by atoms with Crippen LogP contribution in [0.1, 0.15) is 30.5 Å². The second-order valence-electron chi connectivity index (χ2n) is 12.6. The summed E-state index contributed by atoms with van der Waals surface area (Å²) >= 11 is 0. The second-order valence-corrected chi connectivity index (χ2v) is 12.6. The van der Waals surface area contributed by atoms with Crippen molar-refractivity contribution >= 4 is 5.69 Å². The van der Waals surface area contributed by atoms with Crippen molar-refractivity contribution in [3.05, 3.63) is 162 Å². The van der Waals surface area contributed by atoms with Crippen LogP contribution in [0, 0.1) is 17.9 Å². The van der Waals surface area contributed by atoms with Gasteiger partial charge in [-0.1, -0.05) is 86.6 Å². The Morgan fingerprint density at radius 3 is 1.73 bits per heavy atom. The van der Waals surface area contributed by atoms with Gasteiger partial charge in [0.15, 0.2) is 23.2 Å². The molecule has 0 saturated heterocycles. The summed E-state index contributed by atoms with van der Waals surface area (Å²) in [5.74, 6) is 1.78. The molecular formula is C43H28N6. The first-order chi connectivity index (χ1) is 23.9. The van der Waals surface area contributed by atoms with Gasteiger partial charge in [0.05, 0.1) is 12.6 Å². The lowest BCUT2D eigenvalue weighted by Crippen LogP contribution is -2.15. The predicted octanol–water partition coefficient (Wildman–Crippen LogP) is 10.3. The second kappa shape index (κ2) is 11.8. The van der Waals surface area contributed by atoms with E-state index in [0.29, 0.717) is 28.7 Å². The standard InChI is InChI=1S/C43H28N6/c1-43(2)36-25-31(14-15-35(36)39-37(43)20-27(26-44)21-38(39)45-3)33-22-32(28-16-18-46-19-17-28)23-34(24-33)42-48-40(29-10-6-4-7-11-29)47-41(49-42)30-12-8-5-9-13-30/h4-25H,1-2H3. The van der Waals surface area contributed by atoms with Crippen LogP contribution in [-0.2, 0) is 5.41 Å². The Morgan fingerprint density at radius 2 is 1.14 bits per heavy atom. The Balaban J connectivity index is 1.33. The summed E-state index contributed by atoms with van der Waals surface area (Å²) in [6, 6.07) is 42.7. The number of nitriles is 1. The van der Waals surface area contributed by atoms with E-state index in [2.05, 4.69) is 66.1 Å². The average Bonchev–Trinajstić information content (AvgIpc) is 3.40. The van der Waals surface area contributed by atoms with Crippen molar-refractivity contribution in [2.24, 2.45) is 0 Å². The van der Waals surface area contributed by atoms with E-state index in [1.807, 2.05) is 78.9 Å². The van der Waals surface area contributed by atoms with Gasteiger partial charge in [0.1, 0.15) is 0 Å². The Morgan fingerprint density at radius 1 is 0.571 bits per heavy atom. The highest BCUT2D eigenvalue weighted by Gasteiger charge is 2.37. The Hall–Kier alpha value is -6.76. The third-order valence-corrected chi connectivity index (χ3v) is 9.24. The normalized spacial score (nSPS) is 12.4. The fraction of sp³-hybridized carbons (Fsp3) is 0.0698. The molecule has 2 aromatic heterocycles. The van der Waals surface area contributed by atoms with E-state index in [0.717, 1.165) is 61.2 Å². The highest BCUT2D eigenvalue weighted by Crippen LogP contribution is 2.53. The lowest BCUT2D eigenvalue weighted by molar-refractivity contribution is 0.660. The first-order valence-electron chi connectivity index (χ1n) is 16.0. The summed E-state index contributed by atoms with van der Waals surface area (Å²) in [5.41, 5.74) is 11.4. The molecule has 2 heterocycles. The van der Waals surface area contributed by atoms with Gasteiger partial charge in [-0.05, 0) is 93.0 Å². The Bertz CT molecular complexity index is 2420. The summed E-state index contributed by atoms with van der Waals surface area (Å²) in [4.78, 5) is 23.0. The van der Waals surface area contributed by atoms with Crippen molar-refractivity contribution in [2.45, 2.75) is 19.3 Å². The molecule has 0 aliphatic heterocycles.